The molecule has 0 heterocycles. The number of hydrogen-bond acceptors (Lipinski definition) is 1. The molecule has 80 valence electrons. The molecular weight excluding hydrogens is 184 g/mol. The second-order valence-electron chi connectivity index (χ2n) is 4.85. The summed E-state index contributed by atoms with van der Waals surface area (Å²) in [5.74, 6) is 0.429. The minimum Gasteiger partial charge on any atom is -0.300 e. The van der Waals surface area contributed by atoms with Crippen molar-refractivity contribution in [3.63, 3.8) is 0 Å². The minimum absolute atomic E-state index is 0.0782. The predicted octanol–water partition coefficient (Wildman–Crippen LogP) is 3.48. The quantitative estimate of drug-likeness (QED) is 0.637. The molecule has 1 heteroatoms. The summed E-state index contributed by atoms with van der Waals surface area (Å²) in [6, 6.07) is 10.5. The van der Waals surface area contributed by atoms with Gasteiger partial charge in [-0.2, -0.15) is 0 Å². The maximum absolute atomic E-state index is 11.7. The van der Waals surface area contributed by atoms with Crippen molar-refractivity contribution in [2.75, 3.05) is 0 Å². The van der Waals surface area contributed by atoms with E-state index in [0.29, 0.717) is 5.78 Å². The molecule has 1 fully saturated rings. The van der Waals surface area contributed by atoms with Crippen LogP contribution < -0.4 is 0 Å². The Labute approximate surface area is 91.5 Å². The van der Waals surface area contributed by atoms with Crippen molar-refractivity contribution in [1.82, 2.24) is 0 Å². The molecular formula is C14H18O. The third-order valence-electron chi connectivity index (χ3n) is 3.49. The van der Waals surface area contributed by atoms with E-state index in [1.54, 1.807) is 0 Å². The van der Waals surface area contributed by atoms with E-state index >= 15 is 0 Å². The molecule has 0 radical (unpaired) electrons. The monoisotopic (exact) mass is 202 g/mol. The molecule has 15 heavy (non-hydrogen) atoms. The van der Waals surface area contributed by atoms with Gasteiger partial charge >= 0.3 is 0 Å². The van der Waals surface area contributed by atoms with Crippen LogP contribution in [0, 0.1) is 0 Å². The molecule has 0 saturated heterocycles. The predicted molar refractivity (Wildman–Crippen MR) is 61.9 cm³/mol. The maximum Gasteiger partial charge on any atom is 0.133 e. The van der Waals surface area contributed by atoms with Crippen LogP contribution in [-0.4, -0.2) is 5.78 Å². The molecule has 0 aliphatic heterocycles. The van der Waals surface area contributed by atoms with Gasteiger partial charge < -0.3 is 0 Å². The van der Waals surface area contributed by atoms with Crippen LogP contribution in [0.3, 0.4) is 0 Å². The molecule has 0 N–H and O–H groups in total. The summed E-state index contributed by atoms with van der Waals surface area (Å²) in [5, 5.41) is 0. The molecule has 1 nitrogen and oxygen atoms in total. The van der Waals surface area contributed by atoms with Crippen molar-refractivity contribution in [1.29, 1.82) is 0 Å². The molecule has 0 spiro atoms. The molecule has 1 aliphatic carbocycles. The first-order chi connectivity index (χ1) is 7.21. The Bertz CT molecular complexity index is 342. The number of carbonyl (C=O) groups excluding carboxylic acids is 1. The van der Waals surface area contributed by atoms with Crippen molar-refractivity contribution in [3.05, 3.63) is 35.9 Å². The zero-order valence-electron chi connectivity index (χ0n) is 9.33. The van der Waals surface area contributed by atoms with Gasteiger partial charge in [-0.05, 0) is 23.8 Å². The minimum atomic E-state index is 0.0782. The van der Waals surface area contributed by atoms with E-state index < -0.39 is 0 Å². The smallest absolute Gasteiger partial charge is 0.133 e. The molecule has 1 aromatic carbocycles. The van der Waals surface area contributed by atoms with E-state index in [0.717, 1.165) is 25.7 Å². The van der Waals surface area contributed by atoms with E-state index in [1.807, 2.05) is 6.07 Å². The number of hydrogen-bond donors (Lipinski definition) is 0. The standard InChI is InChI=1S/C14H18O/c1-14(12-7-3-2-4-8-12)10-6-5-9-13(15)11-14/h2-4,7-8H,5-6,9-11H2,1H3/t14-/m0/s1. The Hall–Kier alpha value is -1.11. The van der Waals surface area contributed by atoms with Crippen LogP contribution in [0.2, 0.25) is 0 Å². The highest BCUT2D eigenvalue weighted by Crippen LogP contribution is 2.36. The molecule has 1 atom stereocenters. The van der Waals surface area contributed by atoms with Gasteiger partial charge in [0.05, 0.1) is 0 Å². The Morgan fingerprint density at radius 1 is 1.13 bits per heavy atom. The lowest BCUT2D eigenvalue weighted by molar-refractivity contribution is -0.119. The van der Waals surface area contributed by atoms with Crippen LogP contribution in [0.15, 0.2) is 30.3 Å². The fourth-order valence-electron chi connectivity index (χ4n) is 2.54. The Morgan fingerprint density at radius 2 is 1.87 bits per heavy atom. The zero-order valence-corrected chi connectivity index (χ0v) is 9.33. The van der Waals surface area contributed by atoms with Gasteiger partial charge in [0, 0.05) is 12.8 Å². The maximum atomic E-state index is 11.7. The molecule has 0 unspecified atom stereocenters. The van der Waals surface area contributed by atoms with Crippen LogP contribution in [0.4, 0.5) is 0 Å². The third kappa shape index (κ3) is 2.28. The first kappa shape index (κ1) is 10.4. The van der Waals surface area contributed by atoms with Gasteiger partial charge in [0.15, 0.2) is 0 Å². The molecule has 0 bridgehead atoms. The van der Waals surface area contributed by atoms with Gasteiger partial charge in [-0.3, -0.25) is 4.79 Å². The van der Waals surface area contributed by atoms with Gasteiger partial charge in [0.25, 0.3) is 0 Å². The van der Waals surface area contributed by atoms with E-state index in [-0.39, 0.29) is 5.41 Å². The lowest BCUT2D eigenvalue weighted by atomic mass is 9.76. The molecule has 0 aromatic heterocycles. The summed E-state index contributed by atoms with van der Waals surface area (Å²) in [4.78, 5) is 11.7. The van der Waals surface area contributed by atoms with E-state index in [9.17, 15) is 4.79 Å². The Balaban J connectivity index is 2.28. The van der Waals surface area contributed by atoms with Crippen molar-refractivity contribution in [2.45, 2.75) is 44.4 Å². The zero-order chi connectivity index (χ0) is 10.7. The highest BCUT2D eigenvalue weighted by atomic mass is 16.1. The largest absolute Gasteiger partial charge is 0.300 e. The van der Waals surface area contributed by atoms with E-state index in [2.05, 4.69) is 31.2 Å². The Morgan fingerprint density at radius 3 is 2.60 bits per heavy atom. The van der Waals surface area contributed by atoms with Gasteiger partial charge in [0.2, 0.25) is 0 Å². The number of ketones is 1. The average Bonchev–Trinajstić information content (AvgIpc) is 2.42. The van der Waals surface area contributed by atoms with Gasteiger partial charge in [-0.15, -0.1) is 0 Å². The summed E-state index contributed by atoms with van der Waals surface area (Å²) in [7, 11) is 0. The van der Waals surface area contributed by atoms with Crippen LogP contribution in [0.5, 0.6) is 0 Å². The van der Waals surface area contributed by atoms with Gasteiger partial charge in [0.1, 0.15) is 5.78 Å². The van der Waals surface area contributed by atoms with Crippen molar-refractivity contribution < 1.29 is 4.79 Å². The van der Waals surface area contributed by atoms with Gasteiger partial charge in [-0.1, -0.05) is 43.7 Å². The summed E-state index contributed by atoms with van der Waals surface area (Å²) in [6.07, 6.45) is 4.89. The van der Waals surface area contributed by atoms with Crippen LogP contribution in [-0.2, 0) is 10.2 Å². The summed E-state index contributed by atoms with van der Waals surface area (Å²) < 4.78 is 0. The second kappa shape index (κ2) is 4.18. The number of rotatable bonds is 1. The summed E-state index contributed by atoms with van der Waals surface area (Å²) in [5.41, 5.74) is 1.40. The molecule has 0 amide bonds. The first-order valence-electron chi connectivity index (χ1n) is 5.78. The molecule has 2 rings (SSSR count). The molecule has 1 aromatic rings. The van der Waals surface area contributed by atoms with Crippen LogP contribution in [0.25, 0.3) is 0 Å². The van der Waals surface area contributed by atoms with E-state index in [1.165, 1.54) is 12.0 Å². The normalized spacial score (nSPS) is 27.4. The lowest BCUT2D eigenvalue weighted by Crippen LogP contribution is -2.23. The lowest BCUT2D eigenvalue weighted by Gasteiger charge is -2.27. The highest BCUT2D eigenvalue weighted by Gasteiger charge is 2.30. The van der Waals surface area contributed by atoms with Crippen molar-refractivity contribution >= 4 is 5.78 Å². The Kier molecular flexibility index (Phi) is 2.90. The number of Topliss-reactive ketones (excluding diaryl/α,β-unsaturated/α-hetero) is 1. The second-order valence-corrected chi connectivity index (χ2v) is 4.85. The first-order valence-corrected chi connectivity index (χ1v) is 5.78. The molecule has 1 saturated carbocycles. The highest BCUT2D eigenvalue weighted by molar-refractivity contribution is 5.80. The number of carbonyl (C=O) groups is 1. The van der Waals surface area contributed by atoms with E-state index in [4.69, 9.17) is 0 Å². The summed E-state index contributed by atoms with van der Waals surface area (Å²) in [6.45, 7) is 2.23. The number of benzene rings is 1. The fourth-order valence-corrected chi connectivity index (χ4v) is 2.54. The van der Waals surface area contributed by atoms with Crippen molar-refractivity contribution in [2.24, 2.45) is 0 Å². The summed E-state index contributed by atoms with van der Waals surface area (Å²) >= 11 is 0. The van der Waals surface area contributed by atoms with Crippen LogP contribution in [0.1, 0.15) is 44.6 Å². The van der Waals surface area contributed by atoms with Gasteiger partial charge in [-0.25, -0.2) is 0 Å². The van der Waals surface area contributed by atoms with Crippen LogP contribution >= 0.6 is 0 Å². The fraction of sp³-hybridized carbons (Fsp3) is 0.500. The van der Waals surface area contributed by atoms with Crippen molar-refractivity contribution in [3.8, 4) is 0 Å². The SMILES string of the molecule is C[C@]1(c2ccccc2)CCCCC(=O)C1. The average molecular weight is 202 g/mol. The topological polar surface area (TPSA) is 17.1 Å². The molecule has 1 aliphatic rings. The third-order valence-corrected chi connectivity index (χ3v) is 3.49.